The van der Waals surface area contributed by atoms with Crippen molar-refractivity contribution < 1.29 is 0 Å². The molecule has 2 fully saturated rings. The van der Waals surface area contributed by atoms with Crippen molar-refractivity contribution in [2.45, 2.75) is 38.5 Å². The van der Waals surface area contributed by atoms with Crippen LogP contribution in [0.5, 0.6) is 0 Å². The van der Waals surface area contributed by atoms with Crippen LogP contribution in [0.15, 0.2) is 12.5 Å². The molecular formula is C16H22N6. The number of hydrogen-bond acceptors (Lipinski definition) is 6. The first-order valence-electron chi connectivity index (χ1n) is 8.39. The molecule has 6 heteroatoms. The maximum absolute atomic E-state index is 4.90. The molecule has 0 amide bonds. The lowest BCUT2D eigenvalue weighted by atomic mass is 10.1. The fourth-order valence-electron chi connectivity index (χ4n) is 3.42. The van der Waals surface area contributed by atoms with Crippen molar-refractivity contribution >= 4 is 22.8 Å². The summed E-state index contributed by atoms with van der Waals surface area (Å²) in [6.45, 7) is 4.24. The number of fused-ring (bicyclic) bond motifs is 1. The van der Waals surface area contributed by atoms with Gasteiger partial charge in [-0.2, -0.15) is 4.98 Å². The van der Waals surface area contributed by atoms with E-state index in [0.717, 1.165) is 49.0 Å². The number of piperidine rings is 2. The van der Waals surface area contributed by atoms with E-state index < -0.39 is 0 Å². The van der Waals surface area contributed by atoms with Crippen molar-refractivity contribution in [3.8, 4) is 0 Å². The summed E-state index contributed by atoms with van der Waals surface area (Å²) < 4.78 is 0. The van der Waals surface area contributed by atoms with Gasteiger partial charge in [0.25, 0.3) is 0 Å². The highest BCUT2D eigenvalue weighted by atomic mass is 15.3. The van der Waals surface area contributed by atoms with Crippen LogP contribution in [-0.2, 0) is 0 Å². The summed E-state index contributed by atoms with van der Waals surface area (Å²) >= 11 is 0. The summed E-state index contributed by atoms with van der Waals surface area (Å²) in [5, 5.41) is 0. The van der Waals surface area contributed by atoms with Gasteiger partial charge in [-0.05, 0) is 38.5 Å². The van der Waals surface area contributed by atoms with E-state index in [4.69, 9.17) is 9.97 Å². The van der Waals surface area contributed by atoms with Gasteiger partial charge in [-0.15, -0.1) is 0 Å². The highest BCUT2D eigenvalue weighted by Crippen LogP contribution is 2.27. The molecule has 0 atom stereocenters. The van der Waals surface area contributed by atoms with Gasteiger partial charge >= 0.3 is 0 Å². The maximum Gasteiger partial charge on any atom is 0.228 e. The van der Waals surface area contributed by atoms with Gasteiger partial charge in [-0.3, -0.25) is 0 Å². The molecule has 0 aliphatic carbocycles. The molecule has 0 unspecified atom stereocenters. The molecule has 0 N–H and O–H groups in total. The number of rotatable bonds is 2. The van der Waals surface area contributed by atoms with E-state index in [2.05, 4.69) is 19.8 Å². The minimum atomic E-state index is 0.850. The molecule has 6 nitrogen and oxygen atoms in total. The van der Waals surface area contributed by atoms with E-state index in [9.17, 15) is 0 Å². The minimum Gasteiger partial charge on any atom is -0.355 e. The smallest absolute Gasteiger partial charge is 0.228 e. The Morgan fingerprint density at radius 3 is 2.18 bits per heavy atom. The number of anilines is 2. The van der Waals surface area contributed by atoms with Gasteiger partial charge in [-0.1, -0.05) is 0 Å². The SMILES string of the molecule is c1ncc2nc(N3CCCCC3)nc(N3CCCCC3)c2n1. The average Bonchev–Trinajstić information content (AvgIpc) is 2.62. The van der Waals surface area contributed by atoms with Crippen molar-refractivity contribution in [2.24, 2.45) is 0 Å². The molecule has 0 bridgehead atoms. The Morgan fingerprint density at radius 1 is 0.773 bits per heavy atom. The van der Waals surface area contributed by atoms with Gasteiger partial charge in [0.15, 0.2) is 5.82 Å². The Hall–Kier alpha value is -1.98. The van der Waals surface area contributed by atoms with Crippen LogP contribution in [0.1, 0.15) is 38.5 Å². The second-order valence-corrected chi connectivity index (χ2v) is 6.20. The number of hydrogen-bond donors (Lipinski definition) is 0. The van der Waals surface area contributed by atoms with Gasteiger partial charge < -0.3 is 9.80 Å². The topological polar surface area (TPSA) is 58.0 Å². The molecular weight excluding hydrogens is 276 g/mol. The van der Waals surface area contributed by atoms with Crippen molar-refractivity contribution in [2.75, 3.05) is 36.0 Å². The third-order valence-electron chi connectivity index (χ3n) is 4.63. The molecule has 2 aromatic rings. The van der Waals surface area contributed by atoms with Crippen LogP contribution in [0, 0.1) is 0 Å². The first-order valence-corrected chi connectivity index (χ1v) is 8.39. The zero-order valence-corrected chi connectivity index (χ0v) is 12.9. The molecule has 0 aromatic carbocycles. The van der Waals surface area contributed by atoms with Crippen molar-refractivity contribution in [3.05, 3.63) is 12.5 Å². The predicted molar refractivity (Wildman–Crippen MR) is 87.3 cm³/mol. The van der Waals surface area contributed by atoms with E-state index >= 15 is 0 Å². The van der Waals surface area contributed by atoms with E-state index in [-0.39, 0.29) is 0 Å². The van der Waals surface area contributed by atoms with Crippen LogP contribution in [-0.4, -0.2) is 46.1 Å². The van der Waals surface area contributed by atoms with E-state index in [1.165, 1.54) is 38.5 Å². The van der Waals surface area contributed by atoms with E-state index in [0.29, 0.717) is 0 Å². The summed E-state index contributed by atoms with van der Waals surface area (Å²) in [4.78, 5) is 22.9. The van der Waals surface area contributed by atoms with Gasteiger partial charge in [0.2, 0.25) is 5.95 Å². The minimum absolute atomic E-state index is 0.850. The van der Waals surface area contributed by atoms with Gasteiger partial charge in [0.1, 0.15) is 17.4 Å². The Balaban J connectivity index is 1.78. The van der Waals surface area contributed by atoms with Crippen molar-refractivity contribution in [1.82, 2.24) is 19.9 Å². The second kappa shape index (κ2) is 6.02. The molecule has 2 saturated heterocycles. The van der Waals surface area contributed by atoms with Crippen molar-refractivity contribution in [3.63, 3.8) is 0 Å². The standard InChI is InChI=1S/C16H22N6/c1-3-7-21(8-4-1)15-14-13(11-17-12-18-14)19-16(20-15)22-9-5-2-6-10-22/h11-12H,1-10H2. The molecule has 22 heavy (non-hydrogen) atoms. The van der Waals surface area contributed by atoms with E-state index in [1.54, 1.807) is 6.33 Å². The van der Waals surface area contributed by atoms with Crippen LogP contribution in [0.25, 0.3) is 11.0 Å². The maximum atomic E-state index is 4.90. The molecule has 2 aliphatic rings. The Kier molecular flexibility index (Phi) is 3.74. The molecule has 2 aromatic heterocycles. The molecule has 0 saturated carbocycles. The third-order valence-corrected chi connectivity index (χ3v) is 4.63. The molecule has 4 heterocycles. The van der Waals surface area contributed by atoms with Gasteiger partial charge in [-0.25, -0.2) is 15.0 Å². The Bertz CT molecular complexity index is 646. The predicted octanol–water partition coefficient (Wildman–Crippen LogP) is 2.40. The van der Waals surface area contributed by atoms with Crippen LogP contribution >= 0.6 is 0 Å². The lowest BCUT2D eigenvalue weighted by Crippen LogP contribution is -2.34. The van der Waals surface area contributed by atoms with Gasteiger partial charge in [0.05, 0.1) is 6.20 Å². The zero-order valence-electron chi connectivity index (χ0n) is 12.9. The fraction of sp³-hybridized carbons (Fsp3) is 0.625. The summed E-state index contributed by atoms with van der Waals surface area (Å²) in [5.41, 5.74) is 1.75. The average molecular weight is 298 g/mol. The lowest BCUT2D eigenvalue weighted by Gasteiger charge is -2.31. The normalized spacial score (nSPS) is 19.6. The molecule has 0 spiro atoms. The second-order valence-electron chi connectivity index (χ2n) is 6.20. The fourth-order valence-corrected chi connectivity index (χ4v) is 3.42. The molecule has 4 rings (SSSR count). The van der Waals surface area contributed by atoms with E-state index in [1.807, 2.05) is 6.20 Å². The summed E-state index contributed by atoms with van der Waals surface area (Å²) in [5.74, 6) is 1.84. The summed E-state index contributed by atoms with van der Waals surface area (Å²) in [7, 11) is 0. The lowest BCUT2D eigenvalue weighted by molar-refractivity contribution is 0.562. The van der Waals surface area contributed by atoms with Crippen LogP contribution in [0.2, 0.25) is 0 Å². The van der Waals surface area contributed by atoms with Crippen LogP contribution in [0.3, 0.4) is 0 Å². The Labute approximate surface area is 130 Å². The first kappa shape index (κ1) is 13.7. The highest BCUT2D eigenvalue weighted by molar-refractivity contribution is 5.86. The number of aromatic nitrogens is 4. The third kappa shape index (κ3) is 2.58. The summed E-state index contributed by atoms with van der Waals surface area (Å²) in [6, 6.07) is 0. The Morgan fingerprint density at radius 2 is 1.45 bits per heavy atom. The monoisotopic (exact) mass is 298 g/mol. The highest BCUT2D eigenvalue weighted by Gasteiger charge is 2.21. The van der Waals surface area contributed by atoms with Gasteiger partial charge in [0, 0.05) is 26.2 Å². The molecule has 2 aliphatic heterocycles. The summed E-state index contributed by atoms with van der Waals surface area (Å²) in [6.07, 6.45) is 11.0. The largest absolute Gasteiger partial charge is 0.355 e. The molecule has 0 radical (unpaired) electrons. The first-order chi connectivity index (χ1) is 10.9. The van der Waals surface area contributed by atoms with Crippen LogP contribution in [0.4, 0.5) is 11.8 Å². The number of nitrogens with zero attached hydrogens (tertiary/aromatic N) is 6. The van der Waals surface area contributed by atoms with Crippen molar-refractivity contribution in [1.29, 1.82) is 0 Å². The molecule has 116 valence electrons. The quantitative estimate of drug-likeness (QED) is 0.848. The zero-order chi connectivity index (χ0) is 14.8. The van der Waals surface area contributed by atoms with Crippen LogP contribution < -0.4 is 9.80 Å².